The molecule has 6 nitrogen and oxygen atoms in total. The number of aromatic nitrogens is 2. The van der Waals surface area contributed by atoms with Crippen molar-refractivity contribution >= 4 is 15.7 Å². The molecule has 2 rings (SSSR count). The average molecular weight is 308 g/mol. The molecule has 2 aromatic rings. The molecule has 0 saturated heterocycles. The van der Waals surface area contributed by atoms with Crippen molar-refractivity contribution < 1.29 is 8.42 Å². The van der Waals surface area contributed by atoms with Crippen LogP contribution in [0.25, 0.3) is 0 Å². The van der Waals surface area contributed by atoms with Gasteiger partial charge in [-0.15, -0.1) is 0 Å². The number of sulfonamides is 1. The lowest BCUT2D eigenvalue weighted by molar-refractivity contribution is 0.578. The number of nitrogen functional groups attached to an aromatic ring is 1. The van der Waals surface area contributed by atoms with Crippen molar-refractivity contribution in [2.45, 2.75) is 32.2 Å². The molecule has 0 saturated carbocycles. The lowest BCUT2D eigenvalue weighted by atomic mass is 10.1. The maximum Gasteiger partial charge on any atom is 0.241 e. The van der Waals surface area contributed by atoms with Crippen molar-refractivity contribution in [1.82, 2.24) is 14.5 Å². The minimum Gasteiger partial charge on any atom is -0.398 e. The van der Waals surface area contributed by atoms with Crippen LogP contribution >= 0.6 is 0 Å². The van der Waals surface area contributed by atoms with Gasteiger partial charge < -0.3 is 5.73 Å². The standard InChI is InChI=1S/C14H20N4O2S/c1-9-7-10(2)14(11(3)13(9)15)21(19,20)16-8-12-5-6-18(4)17-12/h5-7,16H,8,15H2,1-4H3. The summed E-state index contributed by atoms with van der Waals surface area (Å²) < 4.78 is 29.2. The second kappa shape index (κ2) is 5.50. The molecule has 7 heteroatoms. The van der Waals surface area contributed by atoms with Gasteiger partial charge in [0.1, 0.15) is 0 Å². The van der Waals surface area contributed by atoms with E-state index in [0.29, 0.717) is 22.5 Å². The molecule has 0 atom stereocenters. The maximum atomic E-state index is 12.5. The molecule has 0 spiro atoms. The highest BCUT2D eigenvalue weighted by Crippen LogP contribution is 2.27. The summed E-state index contributed by atoms with van der Waals surface area (Å²) in [7, 11) is -1.84. The molecule has 114 valence electrons. The molecular formula is C14H20N4O2S. The predicted molar refractivity (Wildman–Crippen MR) is 82.3 cm³/mol. The Labute approximate surface area is 125 Å². The topological polar surface area (TPSA) is 90.0 Å². The van der Waals surface area contributed by atoms with Crippen LogP contribution in [0.3, 0.4) is 0 Å². The van der Waals surface area contributed by atoms with Crippen LogP contribution in [0.5, 0.6) is 0 Å². The van der Waals surface area contributed by atoms with Gasteiger partial charge in [0, 0.05) is 18.9 Å². The van der Waals surface area contributed by atoms with E-state index >= 15 is 0 Å². The summed E-state index contributed by atoms with van der Waals surface area (Å²) in [5.74, 6) is 0. The molecule has 0 fully saturated rings. The van der Waals surface area contributed by atoms with Gasteiger partial charge >= 0.3 is 0 Å². The van der Waals surface area contributed by atoms with Crippen LogP contribution in [-0.4, -0.2) is 18.2 Å². The molecule has 21 heavy (non-hydrogen) atoms. The van der Waals surface area contributed by atoms with E-state index in [1.54, 1.807) is 43.9 Å². The van der Waals surface area contributed by atoms with Crippen molar-refractivity contribution in [1.29, 1.82) is 0 Å². The van der Waals surface area contributed by atoms with E-state index in [-0.39, 0.29) is 11.4 Å². The minimum absolute atomic E-state index is 0.149. The van der Waals surface area contributed by atoms with Crippen LogP contribution < -0.4 is 10.5 Å². The summed E-state index contributed by atoms with van der Waals surface area (Å²) in [5, 5.41) is 4.15. The number of anilines is 1. The molecule has 1 aromatic heterocycles. The van der Waals surface area contributed by atoms with E-state index in [1.807, 2.05) is 6.92 Å². The number of nitrogens with zero attached hydrogens (tertiary/aromatic N) is 2. The second-order valence-electron chi connectivity index (χ2n) is 5.18. The fraction of sp³-hybridized carbons (Fsp3) is 0.357. The molecular weight excluding hydrogens is 288 g/mol. The number of hydrogen-bond donors (Lipinski definition) is 2. The third-order valence-electron chi connectivity index (χ3n) is 3.44. The highest BCUT2D eigenvalue weighted by Gasteiger charge is 2.22. The van der Waals surface area contributed by atoms with Gasteiger partial charge in [0.15, 0.2) is 0 Å². The summed E-state index contributed by atoms with van der Waals surface area (Å²) in [4.78, 5) is 0.251. The Balaban J connectivity index is 2.34. The van der Waals surface area contributed by atoms with Crippen LogP contribution in [0.1, 0.15) is 22.4 Å². The Bertz CT molecular complexity index is 779. The third kappa shape index (κ3) is 3.08. The first-order valence-corrected chi connectivity index (χ1v) is 8.05. The Hall–Kier alpha value is -1.86. The molecule has 0 bridgehead atoms. The van der Waals surface area contributed by atoms with Gasteiger partial charge in [-0.25, -0.2) is 13.1 Å². The molecule has 0 aliphatic carbocycles. The number of hydrogen-bond acceptors (Lipinski definition) is 4. The Morgan fingerprint density at radius 2 is 1.95 bits per heavy atom. The lowest BCUT2D eigenvalue weighted by Crippen LogP contribution is -2.25. The normalized spacial score (nSPS) is 11.8. The Morgan fingerprint density at radius 1 is 1.29 bits per heavy atom. The Kier molecular flexibility index (Phi) is 4.06. The zero-order chi connectivity index (χ0) is 15.8. The predicted octanol–water partition coefficient (Wildman–Crippen LogP) is 1.41. The van der Waals surface area contributed by atoms with E-state index in [0.717, 1.165) is 5.56 Å². The molecule has 1 aromatic carbocycles. The van der Waals surface area contributed by atoms with Gasteiger partial charge in [0.05, 0.1) is 17.1 Å². The van der Waals surface area contributed by atoms with Gasteiger partial charge in [-0.1, -0.05) is 6.07 Å². The fourth-order valence-corrected chi connectivity index (χ4v) is 3.87. The summed E-state index contributed by atoms with van der Waals surface area (Å²) in [6.07, 6.45) is 1.77. The quantitative estimate of drug-likeness (QED) is 0.836. The largest absolute Gasteiger partial charge is 0.398 e. The van der Waals surface area contributed by atoms with Gasteiger partial charge in [0.25, 0.3) is 0 Å². The third-order valence-corrected chi connectivity index (χ3v) is 5.13. The first-order valence-electron chi connectivity index (χ1n) is 6.57. The van der Waals surface area contributed by atoms with Crippen LogP contribution in [0, 0.1) is 20.8 Å². The van der Waals surface area contributed by atoms with E-state index in [9.17, 15) is 8.42 Å². The summed E-state index contributed by atoms with van der Waals surface area (Å²) in [6, 6.07) is 3.56. The highest BCUT2D eigenvalue weighted by molar-refractivity contribution is 7.89. The SMILES string of the molecule is Cc1cc(C)c(S(=O)(=O)NCc2ccn(C)n2)c(C)c1N. The van der Waals surface area contributed by atoms with E-state index in [2.05, 4.69) is 9.82 Å². The number of nitrogens with two attached hydrogens (primary N) is 1. The van der Waals surface area contributed by atoms with E-state index in [1.165, 1.54) is 0 Å². The van der Waals surface area contributed by atoms with Crippen molar-refractivity contribution in [3.63, 3.8) is 0 Å². The molecule has 0 unspecified atom stereocenters. The van der Waals surface area contributed by atoms with Gasteiger partial charge in [-0.05, 0) is 43.5 Å². The maximum absolute atomic E-state index is 12.5. The molecule has 0 amide bonds. The minimum atomic E-state index is -3.63. The number of rotatable bonds is 4. The van der Waals surface area contributed by atoms with E-state index in [4.69, 9.17) is 5.73 Å². The molecule has 0 radical (unpaired) electrons. The van der Waals surface area contributed by atoms with Crippen molar-refractivity contribution in [2.75, 3.05) is 5.73 Å². The molecule has 0 aliphatic heterocycles. The molecule has 0 aliphatic rings. The summed E-state index contributed by atoms with van der Waals surface area (Å²) >= 11 is 0. The van der Waals surface area contributed by atoms with Gasteiger partial charge in [-0.3, -0.25) is 4.68 Å². The smallest absolute Gasteiger partial charge is 0.241 e. The molecule has 1 heterocycles. The lowest BCUT2D eigenvalue weighted by Gasteiger charge is -2.15. The summed E-state index contributed by atoms with van der Waals surface area (Å²) in [5.41, 5.74) is 9.28. The van der Waals surface area contributed by atoms with Crippen LogP contribution in [0.4, 0.5) is 5.69 Å². The van der Waals surface area contributed by atoms with Crippen LogP contribution in [0.2, 0.25) is 0 Å². The number of nitrogens with one attached hydrogen (secondary N) is 1. The number of benzene rings is 1. The highest BCUT2D eigenvalue weighted by atomic mass is 32.2. The van der Waals surface area contributed by atoms with Gasteiger partial charge in [-0.2, -0.15) is 5.10 Å². The summed E-state index contributed by atoms with van der Waals surface area (Å²) in [6.45, 7) is 5.52. The first kappa shape index (κ1) is 15.5. The number of aryl methyl sites for hydroxylation is 3. The van der Waals surface area contributed by atoms with Gasteiger partial charge in [0.2, 0.25) is 10.0 Å². The van der Waals surface area contributed by atoms with E-state index < -0.39 is 10.0 Å². The van der Waals surface area contributed by atoms with Crippen LogP contribution in [0.15, 0.2) is 23.2 Å². The fourth-order valence-electron chi connectivity index (χ4n) is 2.39. The van der Waals surface area contributed by atoms with Crippen LogP contribution in [-0.2, 0) is 23.6 Å². The van der Waals surface area contributed by atoms with Crippen molar-refractivity contribution in [3.8, 4) is 0 Å². The second-order valence-corrected chi connectivity index (χ2v) is 6.89. The van der Waals surface area contributed by atoms with Crippen molar-refractivity contribution in [3.05, 3.63) is 40.7 Å². The Morgan fingerprint density at radius 3 is 2.52 bits per heavy atom. The molecule has 3 N–H and O–H groups in total. The zero-order valence-corrected chi connectivity index (χ0v) is 13.5. The monoisotopic (exact) mass is 308 g/mol. The average Bonchev–Trinajstić information content (AvgIpc) is 2.79. The zero-order valence-electron chi connectivity index (χ0n) is 12.6. The van der Waals surface area contributed by atoms with Crippen molar-refractivity contribution in [2.24, 2.45) is 7.05 Å². The first-order chi connectivity index (χ1) is 9.72.